The van der Waals surface area contributed by atoms with Crippen molar-refractivity contribution in [1.29, 1.82) is 0 Å². The molecule has 1 aromatic rings. The number of aryl methyl sites for hydroxylation is 1. The van der Waals surface area contributed by atoms with Crippen LogP contribution in [0.15, 0.2) is 0 Å². The van der Waals surface area contributed by atoms with Crippen molar-refractivity contribution in [3.8, 4) is 0 Å². The van der Waals surface area contributed by atoms with Crippen molar-refractivity contribution in [2.24, 2.45) is 5.73 Å². The summed E-state index contributed by atoms with van der Waals surface area (Å²) in [7, 11) is 0. The number of hydrogen-bond acceptors (Lipinski definition) is 5. The predicted molar refractivity (Wildman–Crippen MR) is 78.8 cm³/mol. The lowest BCUT2D eigenvalue weighted by Crippen LogP contribution is -2.50. The highest BCUT2D eigenvalue weighted by atomic mass is 32.1. The number of fused-ring (bicyclic) bond motifs is 2. The summed E-state index contributed by atoms with van der Waals surface area (Å²) in [5, 5.41) is 1.23. The first-order chi connectivity index (χ1) is 9.31. The molecule has 0 bridgehead atoms. The maximum absolute atomic E-state index is 6.19. The van der Waals surface area contributed by atoms with E-state index in [1.54, 1.807) is 0 Å². The zero-order valence-electron chi connectivity index (χ0n) is 11.3. The van der Waals surface area contributed by atoms with E-state index < -0.39 is 0 Å². The van der Waals surface area contributed by atoms with Gasteiger partial charge in [0.1, 0.15) is 0 Å². The number of rotatable bonds is 1. The van der Waals surface area contributed by atoms with E-state index in [1.165, 1.54) is 61.0 Å². The van der Waals surface area contributed by atoms with E-state index in [1.807, 2.05) is 11.3 Å². The van der Waals surface area contributed by atoms with Gasteiger partial charge >= 0.3 is 0 Å². The molecule has 0 saturated carbocycles. The summed E-state index contributed by atoms with van der Waals surface area (Å²) in [6, 6.07) is 0.949. The van der Waals surface area contributed by atoms with E-state index in [9.17, 15) is 0 Å². The number of thiazole rings is 1. The maximum Gasteiger partial charge on any atom is 0.185 e. The average molecular weight is 278 g/mol. The lowest BCUT2D eigenvalue weighted by molar-refractivity contribution is 0.231. The zero-order chi connectivity index (χ0) is 12.8. The van der Waals surface area contributed by atoms with Gasteiger partial charge in [-0.15, -0.1) is 11.3 Å². The highest BCUT2D eigenvalue weighted by Crippen LogP contribution is 2.36. The highest BCUT2D eigenvalue weighted by molar-refractivity contribution is 7.15. The third-order valence-corrected chi connectivity index (χ3v) is 6.04. The Morgan fingerprint density at radius 2 is 2.11 bits per heavy atom. The maximum atomic E-state index is 6.19. The Morgan fingerprint density at radius 1 is 1.16 bits per heavy atom. The van der Waals surface area contributed by atoms with Crippen LogP contribution in [0.3, 0.4) is 0 Å². The lowest BCUT2D eigenvalue weighted by Gasteiger charge is -2.37. The third-order valence-electron chi connectivity index (χ3n) is 4.84. The molecule has 4 nitrogen and oxygen atoms in total. The second-order valence-corrected chi connectivity index (χ2v) is 7.14. The van der Waals surface area contributed by atoms with Crippen molar-refractivity contribution < 1.29 is 0 Å². The number of nitrogens with zero attached hydrogens (tertiary/aromatic N) is 3. The number of nitrogens with two attached hydrogens (primary N) is 1. The molecule has 3 heterocycles. The Morgan fingerprint density at radius 3 is 3.00 bits per heavy atom. The highest BCUT2D eigenvalue weighted by Gasteiger charge is 2.32. The van der Waals surface area contributed by atoms with Crippen LogP contribution in [0, 0.1) is 0 Å². The van der Waals surface area contributed by atoms with Gasteiger partial charge in [-0.25, -0.2) is 4.98 Å². The van der Waals surface area contributed by atoms with Gasteiger partial charge in [0.15, 0.2) is 5.13 Å². The minimum Gasteiger partial charge on any atom is -0.345 e. The predicted octanol–water partition coefficient (Wildman–Crippen LogP) is 1.76. The van der Waals surface area contributed by atoms with Crippen LogP contribution in [-0.4, -0.2) is 42.1 Å². The average Bonchev–Trinajstić information content (AvgIpc) is 3.04. The van der Waals surface area contributed by atoms with Gasteiger partial charge in [0.05, 0.1) is 5.69 Å². The molecule has 2 unspecified atom stereocenters. The van der Waals surface area contributed by atoms with Gasteiger partial charge in [-0.05, 0) is 38.6 Å². The van der Waals surface area contributed by atoms with Crippen molar-refractivity contribution in [3.05, 3.63) is 10.6 Å². The molecule has 0 aromatic carbocycles. The van der Waals surface area contributed by atoms with Crippen LogP contribution < -0.4 is 10.6 Å². The van der Waals surface area contributed by atoms with E-state index >= 15 is 0 Å². The van der Waals surface area contributed by atoms with Gasteiger partial charge < -0.3 is 10.6 Å². The Bertz CT molecular complexity index is 472. The van der Waals surface area contributed by atoms with E-state index in [-0.39, 0.29) is 6.04 Å². The minimum atomic E-state index is 0.182. The standard InChI is InChI=1S/C14H22N4S/c15-11-4-1-5-12-13(11)16-14(19-12)18-8-7-17-6-2-3-10(17)9-18/h10-11H,1-9,15H2. The number of piperazine rings is 1. The molecule has 0 amide bonds. The van der Waals surface area contributed by atoms with Gasteiger partial charge in [-0.2, -0.15) is 0 Å². The molecule has 19 heavy (non-hydrogen) atoms. The first kappa shape index (κ1) is 12.1. The molecule has 4 rings (SSSR count). The van der Waals surface area contributed by atoms with Crippen LogP contribution in [-0.2, 0) is 6.42 Å². The van der Waals surface area contributed by atoms with E-state index in [4.69, 9.17) is 10.7 Å². The first-order valence-electron chi connectivity index (χ1n) is 7.55. The van der Waals surface area contributed by atoms with Crippen LogP contribution in [0.5, 0.6) is 0 Å². The molecule has 2 fully saturated rings. The monoisotopic (exact) mass is 278 g/mol. The van der Waals surface area contributed by atoms with E-state index in [0.717, 1.165) is 19.0 Å². The molecule has 2 N–H and O–H groups in total. The lowest BCUT2D eigenvalue weighted by atomic mass is 9.99. The van der Waals surface area contributed by atoms with Gasteiger partial charge in [-0.3, -0.25) is 4.90 Å². The fourth-order valence-electron chi connectivity index (χ4n) is 3.74. The van der Waals surface area contributed by atoms with Crippen LogP contribution in [0.25, 0.3) is 0 Å². The number of anilines is 1. The summed E-state index contributed by atoms with van der Waals surface area (Å²) in [6.45, 7) is 4.82. The molecule has 1 aliphatic carbocycles. The second kappa shape index (κ2) is 4.72. The van der Waals surface area contributed by atoms with Crippen LogP contribution in [0.4, 0.5) is 5.13 Å². The quantitative estimate of drug-likeness (QED) is 0.850. The van der Waals surface area contributed by atoms with Gasteiger partial charge in [0, 0.05) is 36.6 Å². The third kappa shape index (κ3) is 2.08. The molecule has 2 aliphatic heterocycles. The Labute approximate surface area is 118 Å². The Hall–Kier alpha value is -0.650. The molecule has 2 atom stereocenters. The summed E-state index contributed by atoms with van der Waals surface area (Å²) < 4.78 is 0. The summed E-state index contributed by atoms with van der Waals surface area (Å²) >= 11 is 1.90. The van der Waals surface area contributed by atoms with Crippen molar-refractivity contribution >= 4 is 16.5 Å². The van der Waals surface area contributed by atoms with Crippen molar-refractivity contribution in [1.82, 2.24) is 9.88 Å². The molecule has 3 aliphatic rings. The minimum absolute atomic E-state index is 0.182. The fraction of sp³-hybridized carbons (Fsp3) is 0.786. The van der Waals surface area contributed by atoms with E-state index in [0.29, 0.717) is 0 Å². The van der Waals surface area contributed by atoms with Crippen molar-refractivity contribution in [3.63, 3.8) is 0 Å². The second-order valence-electron chi connectivity index (χ2n) is 6.08. The zero-order valence-corrected chi connectivity index (χ0v) is 12.2. The van der Waals surface area contributed by atoms with Gasteiger partial charge in [0.2, 0.25) is 0 Å². The van der Waals surface area contributed by atoms with Crippen molar-refractivity contribution in [2.45, 2.75) is 44.2 Å². The smallest absolute Gasteiger partial charge is 0.185 e. The summed E-state index contributed by atoms with van der Waals surface area (Å²) in [4.78, 5) is 11.5. The van der Waals surface area contributed by atoms with Crippen LogP contribution in [0.2, 0.25) is 0 Å². The molecule has 0 radical (unpaired) electrons. The van der Waals surface area contributed by atoms with Crippen LogP contribution in [0.1, 0.15) is 42.3 Å². The van der Waals surface area contributed by atoms with Crippen molar-refractivity contribution in [2.75, 3.05) is 31.1 Å². The molecule has 0 spiro atoms. The first-order valence-corrected chi connectivity index (χ1v) is 8.37. The fourth-order valence-corrected chi connectivity index (χ4v) is 4.95. The topological polar surface area (TPSA) is 45.4 Å². The van der Waals surface area contributed by atoms with Gasteiger partial charge in [0.25, 0.3) is 0 Å². The summed E-state index contributed by atoms with van der Waals surface area (Å²) in [5.74, 6) is 0. The molecule has 104 valence electrons. The largest absolute Gasteiger partial charge is 0.345 e. The number of hydrogen-bond donors (Lipinski definition) is 1. The van der Waals surface area contributed by atoms with Crippen LogP contribution >= 0.6 is 11.3 Å². The molecule has 5 heteroatoms. The molecular formula is C14H22N4S. The molecule has 2 saturated heterocycles. The van der Waals surface area contributed by atoms with E-state index in [2.05, 4.69) is 9.80 Å². The molecule has 1 aromatic heterocycles. The molecular weight excluding hydrogens is 256 g/mol. The summed E-state index contributed by atoms with van der Waals surface area (Å²) in [5.41, 5.74) is 7.39. The van der Waals surface area contributed by atoms with Gasteiger partial charge in [-0.1, -0.05) is 0 Å². The normalized spacial score (nSPS) is 31.3. The Balaban J connectivity index is 1.56. The SMILES string of the molecule is NC1CCCc2sc(N3CCN4CCCC4C3)nc21. The Kier molecular flexibility index (Phi) is 3.01. The number of aromatic nitrogens is 1. The summed E-state index contributed by atoms with van der Waals surface area (Å²) in [6.07, 6.45) is 6.25.